The first kappa shape index (κ1) is 8.21. The maximum Gasteiger partial charge on any atom is 0.185 e. The molecule has 0 unspecified atom stereocenters. The summed E-state index contributed by atoms with van der Waals surface area (Å²) in [5, 5.41) is 0. The third-order valence-corrected chi connectivity index (χ3v) is 2.80. The summed E-state index contributed by atoms with van der Waals surface area (Å²) >= 11 is 0. The van der Waals surface area contributed by atoms with E-state index in [-0.39, 0.29) is 18.5 Å². The highest BCUT2D eigenvalue weighted by atomic mass is 16.7. The number of benzene rings is 1. The average molecular weight is 188 g/mol. The van der Waals surface area contributed by atoms with Gasteiger partial charge in [-0.05, 0) is 12.5 Å². The minimum Gasteiger partial charge on any atom is -0.342 e. The second-order valence-corrected chi connectivity index (χ2v) is 3.76. The van der Waals surface area contributed by atoms with Crippen molar-refractivity contribution in [2.45, 2.75) is 25.4 Å². The summed E-state index contributed by atoms with van der Waals surface area (Å²) in [6.07, 6.45) is 4.29. The van der Waals surface area contributed by atoms with Gasteiger partial charge in [0.05, 0.1) is 6.10 Å². The van der Waals surface area contributed by atoms with E-state index in [0.717, 1.165) is 5.56 Å². The maximum atomic E-state index is 5.75. The van der Waals surface area contributed by atoms with E-state index in [9.17, 15) is 0 Å². The topological polar surface area (TPSA) is 18.5 Å². The van der Waals surface area contributed by atoms with Crippen LogP contribution in [0.15, 0.2) is 30.3 Å². The van der Waals surface area contributed by atoms with Crippen molar-refractivity contribution in [2.75, 3.05) is 0 Å². The van der Waals surface area contributed by atoms with Gasteiger partial charge in [0.1, 0.15) is 6.10 Å². The first-order valence-corrected chi connectivity index (χ1v) is 4.92. The fourth-order valence-electron chi connectivity index (χ4n) is 1.98. The number of fused-ring (bicyclic) bond motifs is 4. The third-order valence-electron chi connectivity index (χ3n) is 2.80. The molecule has 1 saturated heterocycles. The number of rotatable bonds is 0. The van der Waals surface area contributed by atoms with Gasteiger partial charge in [-0.2, -0.15) is 0 Å². The molecule has 1 fully saturated rings. The molecule has 0 saturated carbocycles. The van der Waals surface area contributed by atoms with Gasteiger partial charge < -0.3 is 9.47 Å². The van der Waals surface area contributed by atoms with Crippen molar-refractivity contribution in [3.8, 4) is 0 Å². The summed E-state index contributed by atoms with van der Waals surface area (Å²) in [6.45, 7) is 2.04. The Morgan fingerprint density at radius 2 is 2.00 bits per heavy atom. The van der Waals surface area contributed by atoms with Crippen LogP contribution in [0.4, 0.5) is 0 Å². The van der Waals surface area contributed by atoms with Crippen LogP contribution >= 0.6 is 0 Å². The zero-order chi connectivity index (χ0) is 9.54. The molecule has 2 nitrogen and oxygen atoms in total. The van der Waals surface area contributed by atoms with E-state index in [1.54, 1.807) is 0 Å². The summed E-state index contributed by atoms with van der Waals surface area (Å²) in [5.74, 6) is 0. The van der Waals surface area contributed by atoms with Crippen LogP contribution in [-0.2, 0) is 9.47 Å². The van der Waals surface area contributed by atoms with Gasteiger partial charge in [0.15, 0.2) is 6.29 Å². The fourth-order valence-corrected chi connectivity index (χ4v) is 1.98. The van der Waals surface area contributed by atoms with Crippen LogP contribution in [0, 0.1) is 0 Å². The zero-order valence-electron chi connectivity index (χ0n) is 8.01. The fraction of sp³-hybridized carbons (Fsp3) is 0.333. The van der Waals surface area contributed by atoms with Crippen molar-refractivity contribution in [3.05, 3.63) is 41.5 Å². The van der Waals surface area contributed by atoms with Crippen LogP contribution < -0.4 is 0 Å². The lowest BCUT2D eigenvalue weighted by molar-refractivity contribution is -0.0622. The van der Waals surface area contributed by atoms with Crippen molar-refractivity contribution in [3.63, 3.8) is 0 Å². The number of hydrogen-bond acceptors (Lipinski definition) is 2. The zero-order valence-corrected chi connectivity index (χ0v) is 8.01. The Hall–Kier alpha value is -1.12. The van der Waals surface area contributed by atoms with E-state index < -0.39 is 0 Å². The molecular weight excluding hydrogens is 176 g/mol. The van der Waals surface area contributed by atoms with Crippen molar-refractivity contribution in [1.29, 1.82) is 0 Å². The van der Waals surface area contributed by atoms with E-state index in [1.807, 2.05) is 19.1 Å². The van der Waals surface area contributed by atoms with E-state index >= 15 is 0 Å². The molecule has 2 bridgehead atoms. The molecule has 2 heteroatoms. The van der Waals surface area contributed by atoms with Gasteiger partial charge in [0.25, 0.3) is 0 Å². The predicted molar refractivity (Wildman–Crippen MR) is 53.6 cm³/mol. The second-order valence-electron chi connectivity index (χ2n) is 3.76. The summed E-state index contributed by atoms with van der Waals surface area (Å²) in [5.41, 5.74) is 2.34. The Morgan fingerprint density at radius 1 is 1.14 bits per heavy atom. The lowest BCUT2D eigenvalue weighted by atomic mass is 10.1. The summed E-state index contributed by atoms with van der Waals surface area (Å²) < 4.78 is 11.5. The van der Waals surface area contributed by atoms with Crippen molar-refractivity contribution in [2.24, 2.45) is 0 Å². The van der Waals surface area contributed by atoms with Gasteiger partial charge in [0.2, 0.25) is 0 Å². The Balaban J connectivity index is 2.11. The molecule has 14 heavy (non-hydrogen) atoms. The van der Waals surface area contributed by atoms with Crippen LogP contribution in [0.25, 0.3) is 6.08 Å². The smallest absolute Gasteiger partial charge is 0.185 e. The Morgan fingerprint density at radius 3 is 2.93 bits per heavy atom. The molecule has 2 heterocycles. The van der Waals surface area contributed by atoms with Crippen LogP contribution in [0.3, 0.4) is 0 Å². The molecule has 1 aromatic carbocycles. The minimum absolute atomic E-state index is 0.104. The van der Waals surface area contributed by atoms with Crippen molar-refractivity contribution >= 4 is 6.08 Å². The summed E-state index contributed by atoms with van der Waals surface area (Å²) in [4.78, 5) is 0. The van der Waals surface area contributed by atoms with Crippen LogP contribution in [0.1, 0.15) is 24.3 Å². The Kier molecular flexibility index (Phi) is 1.72. The van der Waals surface area contributed by atoms with E-state index in [2.05, 4.69) is 24.3 Å². The molecule has 0 aliphatic carbocycles. The second kappa shape index (κ2) is 2.94. The standard InChI is InChI=1S/C12H12O2/c1-8-11-7-6-9-4-2-3-5-10(9)12(13-8)14-11/h2-8,11-12H,1H3/t8-,11-,12+/m0/s1. The van der Waals surface area contributed by atoms with Crippen LogP contribution in [-0.4, -0.2) is 12.2 Å². The van der Waals surface area contributed by atoms with Crippen molar-refractivity contribution < 1.29 is 9.47 Å². The van der Waals surface area contributed by atoms with Crippen LogP contribution in [0.5, 0.6) is 0 Å². The van der Waals surface area contributed by atoms with Gasteiger partial charge in [-0.25, -0.2) is 0 Å². The third kappa shape index (κ3) is 1.11. The molecule has 3 atom stereocenters. The quantitative estimate of drug-likeness (QED) is 0.622. The highest BCUT2D eigenvalue weighted by Crippen LogP contribution is 2.36. The van der Waals surface area contributed by atoms with E-state index in [0.29, 0.717) is 0 Å². The molecule has 72 valence electrons. The lowest BCUT2D eigenvalue weighted by Gasteiger charge is -2.12. The molecule has 0 aromatic heterocycles. The summed E-state index contributed by atoms with van der Waals surface area (Å²) in [7, 11) is 0. The highest BCUT2D eigenvalue weighted by molar-refractivity contribution is 5.56. The molecular formula is C12H12O2. The monoisotopic (exact) mass is 188 g/mol. The largest absolute Gasteiger partial charge is 0.342 e. The molecule has 3 rings (SSSR count). The molecule has 2 aliphatic rings. The Labute approximate surface area is 83.1 Å². The van der Waals surface area contributed by atoms with E-state index in [4.69, 9.17) is 9.47 Å². The lowest BCUT2D eigenvalue weighted by Crippen LogP contribution is -2.15. The molecule has 2 aliphatic heterocycles. The summed E-state index contributed by atoms with van der Waals surface area (Å²) in [6, 6.07) is 8.20. The van der Waals surface area contributed by atoms with Crippen molar-refractivity contribution in [1.82, 2.24) is 0 Å². The molecule has 1 aromatic rings. The number of ether oxygens (including phenoxy) is 2. The van der Waals surface area contributed by atoms with Gasteiger partial charge >= 0.3 is 0 Å². The highest BCUT2D eigenvalue weighted by Gasteiger charge is 2.34. The molecule has 0 N–H and O–H groups in total. The normalized spacial score (nSPS) is 33.9. The van der Waals surface area contributed by atoms with Gasteiger partial charge in [0, 0.05) is 5.56 Å². The number of hydrogen-bond donors (Lipinski definition) is 0. The minimum atomic E-state index is -0.179. The van der Waals surface area contributed by atoms with Crippen LogP contribution in [0.2, 0.25) is 0 Å². The molecule has 0 amide bonds. The Bertz CT molecular complexity index is 384. The first-order chi connectivity index (χ1) is 6.84. The maximum absolute atomic E-state index is 5.75. The molecule has 0 radical (unpaired) electrons. The average Bonchev–Trinajstić information content (AvgIpc) is 2.45. The molecule has 0 spiro atoms. The van der Waals surface area contributed by atoms with Gasteiger partial charge in [-0.15, -0.1) is 0 Å². The SMILES string of the molecule is C[C@@H]1O[C@@H]2O[C@H]1C=Cc1ccccc12. The van der Waals surface area contributed by atoms with E-state index in [1.165, 1.54) is 5.56 Å². The predicted octanol–water partition coefficient (Wildman–Crippen LogP) is 2.52. The van der Waals surface area contributed by atoms with Gasteiger partial charge in [-0.3, -0.25) is 0 Å². The van der Waals surface area contributed by atoms with Gasteiger partial charge in [-0.1, -0.05) is 36.4 Å². The first-order valence-electron chi connectivity index (χ1n) is 4.92.